The predicted molar refractivity (Wildman–Crippen MR) is 89.9 cm³/mol. The fourth-order valence-electron chi connectivity index (χ4n) is 2.96. The molecule has 24 heavy (non-hydrogen) atoms. The quantitative estimate of drug-likeness (QED) is 0.576. The number of nitrogens with zero attached hydrogens (tertiary/aromatic N) is 4. The van der Waals surface area contributed by atoms with E-state index in [1.165, 1.54) is 5.56 Å². The molecule has 0 unspecified atom stereocenters. The van der Waals surface area contributed by atoms with E-state index in [4.69, 9.17) is 4.74 Å². The highest BCUT2D eigenvalue weighted by molar-refractivity contribution is 5.39. The molecule has 0 N–H and O–H groups in total. The molecule has 1 aliphatic carbocycles. The summed E-state index contributed by atoms with van der Waals surface area (Å²) >= 11 is 0. The molecule has 1 fully saturated rings. The number of hydrogen-bond donors (Lipinski definition) is 0. The summed E-state index contributed by atoms with van der Waals surface area (Å²) in [7, 11) is 1.65. The van der Waals surface area contributed by atoms with Crippen molar-refractivity contribution in [3.63, 3.8) is 0 Å². The Morgan fingerprint density at radius 3 is 2.50 bits per heavy atom. The van der Waals surface area contributed by atoms with Gasteiger partial charge >= 0.3 is 5.69 Å². The lowest BCUT2D eigenvalue weighted by Crippen LogP contribution is -2.29. The molecule has 0 radical (unpaired) electrons. The summed E-state index contributed by atoms with van der Waals surface area (Å²) in [4.78, 5) is 13.1. The van der Waals surface area contributed by atoms with Crippen molar-refractivity contribution < 1.29 is 9.66 Å². The fourth-order valence-corrected chi connectivity index (χ4v) is 2.96. The van der Waals surface area contributed by atoms with Crippen LogP contribution in [0.2, 0.25) is 0 Å². The van der Waals surface area contributed by atoms with Gasteiger partial charge in [0.25, 0.3) is 0 Å². The number of methoxy groups -OCH3 is 1. The molecule has 128 valence electrons. The van der Waals surface area contributed by atoms with Gasteiger partial charge in [-0.2, -0.15) is 5.10 Å². The lowest BCUT2D eigenvalue weighted by molar-refractivity contribution is -0.386. The average molecular weight is 330 g/mol. The number of aromatic nitrogens is 2. The zero-order valence-electron chi connectivity index (χ0n) is 14.2. The second kappa shape index (κ2) is 6.60. The molecular formula is C17H22N4O3. The van der Waals surface area contributed by atoms with Crippen LogP contribution in [0.3, 0.4) is 0 Å². The Bertz CT molecular complexity index is 735. The molecule has 1 aromatic heterocycles. The Kier molecular flexibility index (Phi) is 4.53. The minimum absolute atomic E-state index is 0.121. The first kappa shape index (κ1) is 16.4. The largest absolute Gasteiger partial charge is 0.497 e. The van der Waals surface area contributed by atoms with E-state index in [-0.39, 0.29) is 10.6 Å². The van der Waals surface area contributed by atoms with Gasteiger partial charge in [-0.15, -0.1) is 0 Å². The molecule has 1 saturated carbocycles. The van der Waals surface area contributed by atoms with Crippen LogP contribution in [0.15, 0.2) is 24.3 Å². The molecule has 1 aliphatic rings. The maximum atomic E-state index is 11.2. The van der Waals surface area contributed by atoms with Gasteiger partial charge in [0.05, 0.1) is 18.7 Å². The summed E-state index contributed by atoms with van der Waals surface area (Å²) in [6.07, 6.45) is 2.33. The Hall–Kier alpha value is -2.41. The molecule has 0 saturated heterocycles. The van der Waals surface area contributed by atoms with E-state index in [2.05, 4.69) is 22.1 Å². The second-order valence-electron chi connectivity index (χ2n) is 6.24. The summed E-state index contributed by atoms with van der Waals surface area (Å²) in [5.41, 5.74) is 2.39. The minimum Gasteiger partial charge on any atom is -0.497 e. The van der Waals surface area contributed by atoms with E-state index in [0.717, 1.165) is 25.1 Å². The SMILES string of the molecule is COc1ccc(CN(Cn2nc(C)c([N+](=O)[O-])c2C)C2CC2)cc1. The highest BCUT2D eigenvalue weighted by Crippen LogP contribution is 2.30. The smallest absolute Gasteiger partial charge is 0.312 e. The van der Waals surface area contributed by atoms with Crippen molar-refractivity contribution in [2.75, 3.05) is 7.11 Å². The van der Waals surface area contributed by atoms with Gasteiger partial charge < -0.3 is 4.74 Å². The Labute approximate surface area is 141 Å². The number of aryl methyl sites for hydroxylation is 1. The number of rotatable bonds is 7. The monoisotopic (exact) mass is 330 g/mol. The van der Waals surface area contributed by atoms with Crippen molar-refractivity contribution in [1.29, 1.82) is 0 Å². The molecule has 1 aromatic carbocycles. The highest BCUT2D eigenvalue weighted by atomic mass is 16.6. The van der Waals surface area contributed by atoms with Gasteiger partial charge in [0, 0.05) is 12.6 Å². The van der Waals surface area contributed by atoms with Crippen LogP contribution in [-0.2, 0) is 13.2 Å². The first-order valence-corrected chi connectivity index (χ1v) is 8.05. The first-order chi connectivity index (χ1) is 11.5. The van der Waals surface area contributed by atoms with E-state index in [9.17, 15) is 10.1 Å². The molecular weight excluding hydrogens is 308 g/mol. The van der Waals surface area contributed by atoms with Gasteiger partial charge in [-0.1, -0.05) is 12.1 Å². The maximum absolute atomic E-state index is 11.2. The molecule has 7 heteroatoms. The molecule has 3 rings (SSSR count). The predicted octanol–water partition coefficient (Wildman–Crippen LogP) is 3.04. The molecule has 0 amide bonds. The van der Waals surface area contributed by atoms with E-state index in [1.807, 2.05) is 12.1 Å². The maximum Gasteiger partial charge on any atom is 0.312 e. The third kappa shape index (κ3) is 3.41. The topological polar surface area (TPSA) is 73.4 Å². The van der Waals surface area contributed by atoms with Crippen molar-refractivity contribution in [3.05, 3.63) is 51.3 Å². The lowest BCUT2D eigenvalue weighted by atomic mass is 10.2. The third-order valence-corrected chi connectivity index (χ3v) is 4.45. The van der Waals surface area contributed by atoms with Crippen molar-refractivity contribution >= 4 is 5.69 Å². The van der Waals surface area contributed by atoms with Crippen LogP contribution in [0.1, 0.15) is 29.8 Å². The van der Waals surface area contributed by atoms with Crippen LogP contribution < -0.4 is 4.74 Å². The summed E-state index contributed by atoms with van der Waals surface area (Å²) in [5, 5.41) is 15.5. The molecule has 0 spiro atoms. The van der Waals surface area contributed by atoms with Crippen LogP contribution in [-0.4, -0.2) is 32.8 Å². The van der Waals surface area contributed by atoms with E-state index in [0.29, 0.717) is 24.1 Å². The number of nitro groups is 1. The van der Waals surface area contributed by atoms with E-state index >= 15 is 0 Å². The summed E-state index contributed by atoms with van der Waals surface area (Å²) in [6, 6.07) is 8.54. The Morgan fingerprint density at radius 1 is 1.33 bits per heavy atom. The highest BCUT2D eigenvalue weighted by Gasteiger charge is 2.31. The zero-order chi connectivity index (χ0) is 17.3. The molecule has 0 bridgehead atoms. The number of hydrogen-bond acceptors (Lipinski definition) is 5. The number of ether oxygens (including phenoxy) is 1. The van der Waals surface area contributed by atoms with Crippen LogP contribution in [0, 0.1) is 24.0 Å². The van der Waals surface area contributed by atoms with Crippen molar-refractivity contribution in [2.45, 2.75) is 45.9 Å². The molecule has 7 nitrogen and oxygen atoms in total. The van der Waals surface area contributed by atoms with Gasteiger partial charge in [-0.05, 0) is 44.4 Å². The van der Waals surface area contributed by atoms with Gasteiger partial charge in [0.2, 0.25) is 0 Å². The minimum atomic E-state index is -0.348. The van der Waals surface area contributed by atoms with Gasteiger partial charge in [-0.3, -0.25) is 15.0 Å². The van der Waals surface area contributed by atoms with Crippen molar-refractivity contribution in [2.24, 2.45) is 0 Å². The normalized spacial score (nSPS) is 14.2. The average Bonchev–Trinajstić information content (AvgIpc) is 3.34. The third-order valence-electron chi connectivity index (χ3n) is 4.45. The molecule has 2 aromatic rings. The van der Waals surface area contributed by atoms with Crippen molar-refractivity contribution in [1.82, 2.24) is 14.7 Å². The van der Waals surface area contributed by atoms with Crippen LogP contribution in [0.5, 0.6) is 5.75 Å². The van der Waals surface area contributed by atoms with Crippen LogP contribution in [0.25, 0.3) is 0 Å². The van der Waals surface area contributed by atoms with Gasteiger partial charge in [0.1, 0.15) is 17.1 Å². The second-order valence-corrected chi connectivity index (χ2v) is 6.24. The van der Waals surface area contributed by atoms with Gasteiger partial charge in [0.15, 0.2) is 0 Å². The van der Waals surface area contributed by atoms with E-state index in [1.54, 1.807) is 25.6 Å². The Morgan fingerprint density at radius 2 is 2.00 bits per heavy atom. The van der Waals surface area contributed by atoms with Crippen molar-refractivity contribution in [3.8, 4) is 5.75 Å². The van der Waals surface area contributed by atoms with E-state index < -0.39 is 0 Å². The molecule has 0 aliphatic heterocycles. The first-order valence-electron chi connectivity index (χ1n) is 8.05. The van der Waals surface area contributed by atoms with Crippen LogP contribution >= 0.6 is 0 Å². The van der Waals surface area contributed by atoms with Gasteiger partial charge in [-0.25, -0.2) is 4.68 Å². The fraction of sp³-hybridized carbons (Fsp3) is 0.471. The zero-order valence-corrected chi connectivity index (χ0v) is 14.2. The summed E-state index contributed by atoms with van der Waals surface area (Å²) < 4.78 is 6.94. The number of benzene rings is 1. The van der Waals surface area contributed by atoms with Crippen LogP contribution in [0.4, 0.5) is 5.69 Å². The standard InChI is InChI=1S/C17H22N4O3/c1-12-17(21(22)23)13(2)20(18-12)11-19(15-6-7-15)10-14-4-8-16(24-3)9-5-14/h4-5,8-9,15H,6-7,10-11H2,1-3H3. The lowest BCUT2D eigenvalue weighted by Gasteiger charge is -2.22. The molecule has 1 heterocycles. The molecule has 0 atom stereocenters. The Balaban J connectivity index is 1.77. The summed E-state index contributed by atoms with van der Waals surface area (Å²) in [6.45, 7) is 4.81. The summed E-state index contributed by atoms with van der Waals surface area (Å²) in [5.74, 6) is 0.839.